The molecule has 0 amide bonds. The molecule has 0 unspecified atom stereocenters. The summed E-state index contributed by atoms with van der Waals surface area (Å²) < 4.78 is 1.15. The van der Waals surface area contributed by atoms with Gasteiger partial charge in [0.2, 0.25) is 0 Å². The van der Waals surface area contributed by atoms with Gasteiger partial charge in [-0.3, -0.25) is 4.79 Å². The minimum Gasteiger partial charge on any atom is -0.294 e. The van der Waals surface area contributed by atoms with Gasteiger partial charge in [-0.25, -0.2) is 0 Å². The Labute approximate surface area is 79.9 Å². The van der Waals surface area contributed by atoms with Gasteiger partial charge < -0.3 is 0 Å². The van der Waals surface area contributed by atoms with Crippen LogP contribution in [0.15, 0.2) is 24.3 Å². The zero-order chi connectivity index (χ0) is 8.27. The first kappa shape index (κ1) is 8.71. The second kappa shape index (κ2) is 3.85. The number of Topliss-reactive ketones (excluding diaryl/α,β-unsaturated/α-hetero) is 1. The van der Waals surface area contributed by atoms with Gasteiger partial charge in [0.15, 0.2) is 5.78 Å². The van der Waals surface area contributed by atoms with Crippen molar-refractivity contribution >= 4 is 28.4 Å². The summed E-state index contributed by atoms with van der Waals surface area (Å²) in [6.45, 7) is 1.75. The molecule has 0 saturated carbocycles. The number of halogens is 1. The van der Waals surface area contributed by atoms with Crippen molar-refractivity contribution in [2.24, 2.45) is 0 Å². The maximum Gasteiger partial charge on any atom is 0.166 e. The summed E-state index contributed by atoms with van der Waals surface area (Å²) in [7, 11) is 0. The number of hydrogen-bond acceptors (Lipinski definition) is 1. The van der Waals surface area contributed by atoms with Gasteiger partial charge >= 0.3 is 0 Å². The number of hydrogen-bond donors (Lipinski definition) is 0. The SMILES string of the molecule is C[CH]C(=O)c1ccc(I)cc1. The minimum atomic E-state index is 0.0846. The molecular weight excluding hydrogens is 251 g/mol. The Balaban J connectivity index is 2.90. The summed E-state index contributed by atoms with van der Waals surface area (Å²) in [6, 6.07) is 7.53. The fraction of sp³-hybridized carbons (Fsp3) is 0.111. The second-order valence-electron chi connectivity index (χ2n) is 2.16. The summed E-state index contributed by atoms with van der Waals surface area (Å²) in [6.07, 6.45) is 1.57. The van der Waals surface area contributed by atoms with E-state index in [0.29, 0.717) is 0 Å². The largest absolute Gasteiger partial charge is 0.294 e. The highest BCUT2D eigenvalue weighted by atomic mass is 127. The Morgan fingerprint density at radius 1 is 1.36 bits per heavy atom. The van der Waals surface area contributed by atoms with Gasteiger partial charge in [0.05, 0.1) is 0 Å². The van der Waals surface area contributed by atoms with Gasteiger partial charge in [0.25, 0.3) is 0 Å². The van der Waals surface area contributed by atoms with E-state index in [1.54, 1.807) is 13.3 Å². The molecule has 0 aliphatic heterocycles. The molecule has 0 bridgehead atoms. The van der Waals surface area contributed by atoms with E-state index >= 15 is 0 Å². The lowest BCUT2D eigenvalue weighted by Gasteiger charge is -1.95. The summed E-state index contributed by atoms with van der Waals surface area (Å²) in [4.78, 5) is 11.1. The number of ketones is 1. The molecular formula is C9H8IO. The highest BCUT2D eigenvalue weighted by Crippen LogP contribution is 2.07. The fourth-order valence-corrected chi connectivity index (χ4v) is 1.14. The van der Waals surface area contributed by atoms with Crippen molar-refractivity contribution < 1.29 is 4.79 Å². The maximum absolute atomic E-state index is 11.1. The normalized spacial score (nSPS) is 9.64. The maximum atomic E-state index is 11.1. The minimum absolute atomic E-state index is 0.0846. The summed E-state index contributed by atoms with van der Waals surface area (Å²) >= 11 is 2.21. The summed E-state index contributed by atoms with van der Waals surface area (Å²) in [5, 5.41) is 0. The van der Waals surface area contributed by atoms with Crippen LogP contribution in [0, 0.1) is 9.99 Å². The van der Waals surface area contributed by atoms with Crippen LogP contribution in [0.2, 0.25) is 0 Å². The predicted molar refractivity (Wildman–Crippen MR) is 53.5 cm³/mol. The molecule has 0 aliphatic rings. The third kappa shape index (κ3) is 2.29. The highest BCUT2D eigenvalue weighted by molar-refractivity contribution is 14.1. The van der Waals surface area contributed by atoms with Gasteiger partial charge in [-0.2, -0.15) is 0 Å². The van der Waals surface area contributed by atoms with Crippen molar-refractivity contribution in [3.63, 3.8) is 0 Å². The fourth-order valence-electron chi connectivity index (χ4n) is 0.781. The molecule has 1 rings (SSSR count). The van der Waals surface area contributed by atoms with Crippen LogP contribution in [0.3, 0.4) is 0 Å². The van der Waals surface area contributed by atoms with Gasteiger partial charge in [0.1, 0.15) is 0 Å². The van der Waals surface area contributed by atoms with E-state index in [1.165, 1.54) is 0 Å². The topological polar surface area (TPSA) is 17.1 Å². The third-order valence-electron chi connectivity index (χ3n) is 1.39. The van der Waals surface area contributed by atoms with Crippen molar-refractivity contribution in [3.05, 3.63) is 39.8 Å². The van der Waals surface area contributed by atoms with Gasteiger partial charge in [0, 0.05) is 15.6 Å². The van der Waals surface area contributed by atoms with E-state index in [-0.39, 0.29) is 5.78 Å². The molecule has 1 aromatic carbocycles. The lowest BCUT2D eigenvalue weighted by atomic mass is 10.1. The molecule has 0 aromatic heterocycles. The smallest absolute Gasteiger partial charge is 0.166 e. The Hall–Kier alpha value is -0.380. The molecule has 0 spiro atoms. The third-order valence-corrected chi connectivity index (χ3v) is 2.11. The van der Waals surface area contributed by atoms with Crippen molar-refractivity contribution in [2.45, 2.75) is 6.92 Å². The van der Waals surface area contributed by atoms with Crippen LogP contribution in [0.4, 0.5) is 0 Å². The Morgan fingerprint density at radius 3 is 2.36 bits per heavy atom. The van der Waals surface area contributed by atoms with Gasteiger partial charge in [-0.1, -0.05) is 19.1 Å². The van der Waals surface area contributed by atoms with Crippen LogP contribution in [-0.4, -0.2) is 5.78 Å². The Bertz CT molecular complexity index is 251. The molecule has 0 aliphatic carbocycles. The van der Waals surface area contributed by atoms with Crippen molar-refractivity contribution in [1.82, 2.24) is 0 Å². The average molecular weight is 259 g/mol. The van der Waals surface area contributed by atoms with Gasteiger partial charge in [-0.15, -0.1) is 0 Å². The molecule has 0 atom stereocenters. The van der Waals surface area contributed by atoms with Crippen LogP contribution in [0.5, 0.6) is 0 Å². The standard InChI is InChI=1S/C9H8IO/c1-2-9(11)7-3-5-8(10)6-4-7/h2-6H,1H3. The van der Waals surface area contributed by atoms with E-state index in [9.17, 15) is 4.79 Å². The Morgan fingerprint density at radius 2 is 1.91 bits per heavy atom. The molecule has 2 heteroatoms. The van der Waals surface area contributed by atoms with Crippen LogP contribution in [-0.2, 0) is 0 Å². The molecule has 57 valence electrons. The van der Waals surface area contributed by atoms with E-state index < -0.39 is 0 Å². The van der Waals surface area contributed by atoms with Crippen LogP contribution in [0.25, 0.3) is 0 Å². The molecule has 0 N–H and O–H groups in total. The lowest BCUT2D eigenvalue weighted by molar-refractivity contribution is 0.103. The summed E-state index contributed by atoms with van der Waals surface area (Å²) in [5.41, 5.74) is 0.757. The lowest BCUT2D eigenvalue weighted by Crippen LogP contribution is -1.96. The number of rotatable bonds is 2. The number of carbonyl (C=O) groups is 1. The first-order chi connectivity index (χ1) is 5.24. The molecule has 0 heterocycles. The first-order valence-electron chi connectivity index (χ1n) is 3.33. The second-order valence-corrected chi connectivity index (χ2v) is 3.41. The Kier molecular flexibility index (Phi) is 3.05. The molecule has 0 fully saturated rings. The quantitative estimate of drug-likeness (QED) is 0.589. The average Bonchev–Trinajstić information content (AvgIpc) is 2.05. The number of carbonyl (C=O) groups excluding carboxylic acids is 1. The molecule has 0 saturated heterocycles. The molecule has 1 radical (unpaired) electrons. The zero-order valence-electron chi connectivity index (χ0n) is 6.17. The molecule has 1 nitrogen and oxygen atoms in total. The summed E-state index contributed by atoms with van der Waals surface area (Å²) in [5.74, 6) is 0.0846. The highest BCUT2D eigenvalue weighted by Gasteiger charge is 2.00. The predicted octanol–water partition coefficient (Wildman–Crippen LogP) is 2.70. The number of benzene rings is 1. The van der Waals surface area contributed by atoms with Crippen LogP contribution in [0.1, 0.15) is 17.3 Å². The molecule has 11 heavy (non-hydrogen) atoms. The first-order valence-corrected chi connectivity index (χ1v) is 4.41. The van der Waals surface area contributed by atoms with Gasteiger partial charge in [-0.05, 0) is 34.7 Å². The van der Waals surface area contributed by atoms with Crippen molar-refractivity contribution in [3.8, 4) is 0 Å². The van der Waals surface area contributed by atoms with E-state index in [2.05, 4.69) is 22.6 Å². The van der Waals surface area contributed by atoms with Crippen molar-refractivity contribution in [1.29, 1.82) is 0 Å². The molecule has 1 aromatic rings. The monoisotopic (exact) mass is 259 g/mol. The van der Waals surface area contributed by atoms with Crippen molar-refractivity contribution in [2.75, 3.05) is 0 Å². The van der Waals surface area contributed by atoms with Crippen LogP contribution < -0.4 is 0 Å². The van der Waals surface area contributed by atoms with Crippen LogP contribution >= 0.6 is 22.6 Å². The zero-order valence-corrected chi connectivity index (χ0v) is 8.33. The van der Waals surface area contributed by atoms with E-state index in [4.69, 9.17) is 0 Å². The van der Waals surface area contributed by atoms with E-state index in [1.807, 2.05) is 24.3 Å². The van der Waals surface area contributed by atoms with E-state index in [0.717, 1.165) is 9.13 Å².